The highest BCUT2D eigenvalue weighted by atomic mass is 35.5. The number of halogens is 1. The fraction of sp³-hybridized carbons (Fsp3) is 0.370. The van der Waals surface area contributed by atoms with Crippen molar-refractivity contribution in [1.29, 1.82) is 0 Å². The van der Waals surface area contributed by atoms with Crippen LogP contribution in [0.15, 0.2) is 53.6 Å². The Labute approximate surface area is 225 Å². The molecule has 1 atom stereocenters. The van der Waals surface area contributed by atoms with Gasteiger partial charge in [-0.3, -0.25) is 23.7 Å². The van der Waals surface area contributed by atoms with E-state index in [9.17, 15) is 19.2 Å². The molecule has 0 spiro atoms. The van der Waals surface area contributed by atoms with Crippen molar-refractivity contribution in [3.05, 3.63) is 69.7 Å². The third-order valence-electron chi connectivity index (χ3n) is 6.70. The summed E-state index contributed by atoms with van der Waals surface area (Å²) in [6.45, 7) is 3.89. The highest BCUT2D eigenvalue weighted by molar-refractivity contribution is 6.30. The van der Waals surface area contributed by atoms with E-state index in [1.54, 1.807) is 62.3 Å². The Kier molecular flexibility index (Phi) is 8.31. The summed E-state index contributed by atoms with van der Waals surface area (Å²) in [6, 6.07) is 11.8. The highest BCUT2D eigenvalue weighted by Gasteiger charge is 2.22. The summed E-state index contributed by atoms with van der Waals surface area (Å²) in [5.74, 6) is -0.513. The first kappa shape index (κ1) is 27.1. The lowest BCUT2D eigenvalue weighted by Gasteiger charge is -2.35. The number of fused-ring (bicyclic) bond motifs is 1. The van der Waals surface area contributed by atoms with E-state index in [0.717, 1.165) is 11.3 Å². The zero-order valence-electron chi connectivity index (χ0n) is 21.7. The number of rotatable bonds is 7. The van der Waals surface area contributed by atoms with Crippen LogP contribution in [0.3, 0.4) is 0 Å². The first-order chi connectivity index (χ1) is 18.1. The number of carbonyl (C=O) groups is 3. The number of aromatic nitrogens is 2. The SMILES string of the molecule is CC(=O)N1CCN(c2ccc3ncn(CC(=O)NC(CC(=O)N(C)C)c4ccc(Cl)cc4)c(=O)c3c2)CC1. The largest absolute Gasteiger partial charge is 0.368 e. The zero-order chi connectivity index (χ0) is 27.4. The van der Waals surface area contributed by atoms with Crippen molar-refractivity contribution in [3.63, 3.8) is 0 Å². The van der Waals surface area contributed by atoms with Crippen LogP contribution in [0.1, 0.15) is 24.9 Å². The van der Waals surface area contributed by atoms with Gasteiger partial charge in [0.2, 0.25) is 17.7 Å². The highest BCUT2D eigenvalue weighted by Crippen LogP contribution is 2.22. The quantitative estimate of drug-likeness (QED) is 0.493. The second kappa shape index (κ2) is 11.6. The molecule has 3 aromatic rings. The molecule has 0 aliphatic carbocycles. The van der Waals surface area contributed by atoms with Crippen LogP contribution in [-0.2, 0) is 20.9 Å². The van der Waals surface area contributed by atoms with Crippen LogP contribution in [0, 0.1) is 0 Å². The molecule has 38 heavy (non-hydrogen) atoms. The van der Waals surface area contributed by atoms with Gasteiger partial charge < -0.3 is 20.0 Å². The predicted octanol–water partition coefficient (Wildman–Crippen LogP) is 2.05. The second-order valence-electron chi connectivity index (χ2n) is 9.54. The summed E-state index contributed by atoms with van der Waals surface area (Å²) in [6.07, 6.45) is 1.42. The maximum absolute atomic E-state index is 13.3. The predicted molar refractivity (Wildman–Crippen MR) is 146 cm³/mol. The van der Waals surface area contributed by atoms with Crippen molar-refractivity contribution in [2.24, 2.45) is 0 Å². The van der Waals surface area contributed by atoms with Crippen molar-refractivity contribution in [1.82, 2.24) is 24.7 Å². The van der Waals surface area contributed by atoms with Crippen LogP contribution in [-0.4, -0.2) is 77.3 Å². The second-order valence-corrected chi connectivity index (χ2v) is 9.97. The summed E-state index contributed by atoms with van der Waals surface area (Å²) in [7, 11) is 3.31. The van der Waals surface area contributed by atoms with E-state index in [1.807, 2.05) is 6.07 Å². The van der Waals surface area contributed by atoms with Crippen LogP contribution < -0.4 is 15.8 Å². The topological polar surface area (TPSA) is 108 Å². The number of hydrogen-bond acceptors (Lipinski definition) is 6. The van der Waals surface area contributed by atoms with Crippen LogP contribution in [0.5, 0.6) is 0 Å². The lowest BCUT2D eigenvalue weighted by molar-refractivity contribution is -0.130. The Balaban J connectivity index is 1.52. The van der Waals surface area contributed by atoms with Gasteiger partial charge in [0.15, 0.2) is 0 Å². The van der Waals surface area contributed by atoms with Crippen molar-refractivity contribution in [2.75, 3.05) is 45.2 Å². The molecule has 4 rings (SSSR count). The fourth-order valence-electron chi connectivity index (χ4n) is 4.44. The third-order valence-corrected chi connectivity index (χ3v) is 6.95. The monoisotopic (exact) mass is 538 g/mol. The van der Waals surface area contributed by atoms with Crippen LogP contribution in [0.2, 0.25) is 5.02 Å². The fourth-order valence-corrected chi connectivity index (χ4v) is 4.56. The molecule has 1 unspecified atom stereocenters. The molecular formula is C27H31ClN6O4. The van der Waals surface area contributed by atoms with E-state index in [-0.39, 0.29) is 30.3 Å². The zero-order valence-corrected chi connectivity index (χ0v) is 22.4. The van der Waals surface area contributed by atoms with Crippen molar-refractivity contribution < 1.29 is 14.4 Å². The van der Waals surface area contributed by atoms with E-state index in [1.165, 1.54) is 15.8 Å². The molecule has 0 saturated carbocycles. The number of nitrogens with one attached hydrogen (secondary N) is 1. The molecular weight excluding hydrogens is 508 g/mol. The van der Waals surface area contributed by atoms with Gasteiger partial charge in [0, 0.05) is 57.9 Å². The Morgan fingerprint density at radius 2 is 1.74 bits per heavy atom. The van der Waals surface area contributed by atoms with E-state index < -0.39 is 11.9 Å². The number of carbonyl (C=O) groups excluding carboxylic acids is 3. The molecule has 1 saturated heterocycles. The Bertz CT molecular complexity index is 1400. The van der Waals surface area contributed by atoms with Gasteiger partial charge in [-0.25, -0.2) is 4.98 Å². The average Bonchev–Trinajstić information content (AvgIpc) is 2.90. The molecule has 0 bridgehead atoms. The van der Waals surface area contributed by atoms with E-state index in [4.69, 9.17) is 11.6 Å². The molecule has 1 fully saturated rings. The van der Waals surface area contributed by atoms with Crippen LogP contribution >= 0.6 is 11.6 Å². The van der Waals surface area contributed by atoms with Crippen molar-refractivity contribution >= 4 is 45.9 Å². The van der Waals surface area contributed by atoms with E-state index in [2.05, 4.69) is 15.2 Å². The summed E-state index contributed by atoms with van der Waals surface area (Å²) < 4.78 is 1.27. The van der Waals surface area contributed by atoms with Gasteiger partial charge in [0.1, 0.15) is 6.54 Å². The van der Waals surface area contributed by atoms with E-state index >= 15 is 0 Å². The number of anilines is 1. The summed E-state index contributed by atoms with van der Waals surface area (Å²) in [4.78, 5) is 60.1. The maximum Gasteiger partial charge on any atom is 0.261 e. The summed E-state index contributed by atoms with van der Waals surface area (Å²) in [5, 5.41) is 3.84. The van der Waals surface area contributed by atoms with Gasteiger partial charge in [-0.2, -0.15) is 0 Å². The molecule has 0 radical (unpaired) electrons. The van der Waals surface area contributed by atoms with Gasteiger partial charge in [-0.1, -0.05) is 23.7 Å². The number of piperazine rings is 1. The summed E-state index contributed by atoms with van der Waals surface area (Å²) >= 11 is 6.00. The first-order valence-electron chi connectivity index (χ1n) is 12.4. The average molecular weight is 539 g/mol. The Morgan fingerprint density at radius 1 is 1.05 bits per heavy atom. The van der Waals surface area contributed by atoms with Gasteiger partial charge in [0.25, 0.3) is 5.56 Å². The standard InChI is InChI=1S/C27H31ClN6O4/c1-18(35)32-10-12-33(13-11-32)21-8-9-23-22(14-21)27(38)34(17-29-23)16-25(36)30-24(15-26(37)31(2)3)19-4-6-20(28)7-5-19/h4-9,14,17,24H,10-13,15-16H2,1-3H3,(H,30,36). The third kappa shape index (κ3) is 6.31. The van der Waals surface area contributed by atoms with Gasteiger partial charge >= 0.3 is 0 Å². The lowest BCUT2D eigenvalue weighted by Crippen LogP contribution is -2.48. The summed E-state index contributed by atoms with van der Waals surface area (Å²) in [5.41, 5.74) is 1.80. The number of amides is 3. The normalized spacial score (nSPS) is 14.3. The molecule has 1 aromatic heterocycles. The Hall–Kier alpha value is -3.92. The molecule has 2 heterocycles. The van der Waals surface area contributed by atoms with E-state index in [0.29, 0.717) is 42.1 Å². The van der Waals surface area contributed by atoms with Gasteiger partial charge in [-0.15, -0.1) is 0 Å². The van der Waals surface area contributed by atoms with Gasteiger partial charge in [0.05, 0.1) is 29.7 Å². The molecule has 200 valence electrons. The lowest BCUT2D eigenvalue weighted by atomic mass is 10.0. The first-order valence-corrected chi connectivity index (χ1v) is 12.7. The van der Waals surface area contributed by atoms with Crippen molar-refractivity contribution in [2.45, 2.75) is 25.9 Å². The minimum Gasteiger partial charge on any atom is -0.368 e. The number of hydrogen-bond donors (Lipinski definition) is 1. The minimum absolute atomic E-state index is 0.0536. The minimum atomic E-state index is -0.584. The maximum atomic E-state index is 13.3. The van der Waals surface area contributed by atoms with Crippen LogP contribution in [0.4, 0.5) is 5.69 Å². The van der Waals surface area contributed by atoms with Crippen LogP contribution in [0.25, 0.3) is 10.9 Å². The Morgan fingerprint density at radius 3 is 2.37 bits per heavy atom. The number of benzene rings is 2. The molecule has 3 amide bonds. The molecule has 2 aromatic carbocycles. The molecule has 1 aliphatic heterocycles. The molecule has 1 N–H and O–H groups in total. The molecule has 1 aliphatic rings. The molecule has 11 heteroatoms. The number of nitrogens with zero attached hydrogens (tertiary/aromatic N) is 5. The van der Waals surface area contributed by atoms with Crippen molar-refractivity contribution in [3.8, 4) is 0 Å². The molecule has 10 nitrogen and oxygen atoms in total. The van der Waals surface area contributed by atoms with Gasteiger partial charge in [-0.05, 0) is 35.9 Å². The smallest absolute Gasteiger partial charge is 0.261 e.